The highest BCUT2D eigenvalue weighted by molar-refractivity contribution is 5.88. The van der Waals surface area contributed by atoms with Crippen molar-refractivity contribution in [2.45, 2.75) is 20.0 Å². The van der Waals surface area contributed by atoms with Crippen LogP contribution in [0.3, 0.4) is 0 Å². The van der Waals surface area contributed by atoms with Gasteiger partial charge in [0.15, 0.2) is 5.82 Å². The van der Waals surface area contributed by atoms with Gasteiger partial charge in [0.05, 0.1) is 6.10 Å². The number of carbonyl (C=O) groups is 1. The molecule has 0 spiro atoms. The van der Waals surface area contributed by atoms with E-state index in [0.717, 1.165) is 5.95 Å². The van der Waals surface area contributed by atoms with Crippen LogP contribution in [-0.4, -0.2) is 68.2 Å². The minimum atomic E-state index is -0.190. The summed E-state index contributed by atoms with van der Waals surface area (Å²) in [6.45, 7) is 6.43. The van der Waals surface area contributed by atoms with Crippen LogP contribution in [0.4, 0.5) is 16.6 Å². The third kappa shape index (κ3) is 4.14. The van der Waals surface area contributed by atoms with Gasteiger partial charge in [-0.2, -0.15) is 0 Å². The molecule has 3 rings (SSSR count). The largest absolute Gasteiger partial charge is 0.474 e. The number of anilines is 2. The molecule has 1 saturated heterocycles. The van der Waals surface area contributed by atoms with Gasteiger partial charge in [0, 0.05) is 39.3 Å². The molecule has 0 unspecified atom stereocenters. The van der Waals surface area contributed by atoms with Crippen LogP contribution in [0.1, 0.15) is 13.8 Å². The molecular formula is C15H22N8O2. The van der Waals surface area contributed by atoms with Crippen LogP contribution in [0.2, 0.25) is 0 Å². The topological polar surface area (TPSA) is 101 Å². The average Bonchev–Trinajstić information content (AvgIpc) is 3.02. The van der Waals surface area contributed by atoms with Gasteiger partial charge < -0.3 is 19.1 Å². The molecule has 1 aliphatic rings. The van der Waals surface area contributed by atoms with Gasteiger partial charge in [0.1, 0.15) is 6.33 Å². The zero-order chi connectivity index (χ0) is 17.8. The van der Waals surface area contributed by atoms with E-state index in [-0.39, 0.29) is 12.1 Å². The predicted octanol–water partition coefficient (Wildman–Crippen LogP) is 0.746. The van der Waals surface area contributed by atoms with Crippen molar-refractivity contribution in [1.82, 2.24) is 29.9 Å². The molecule has 0 radical (unpaired) electrons. The van der Waals surface area contributed by atoms with E-state index in [4.69, 9.17) is 4.74 Å². The Bertz CT molecular complexity index is 707. The van der Waals surface area contributed by atoms with Gasteiger partial charge in [-0.3, -0.25) is 5.32 Å². The molecule has 1 fully saturated rings. The first-order valence-corrected chi connectivity index (χ1v) is 8.18. The quantitative estimate of drug-likeness (QED) is 0.871. The first kappa shape index (κ1) is 16.9. The fourth-order valence-corrected chi connectivity index (χ4v) is 2.55. The monoisotopic (exact) mass is 346 g/mol. The summed E-state index contributed by atoms with van der Waals surface area (Å²) in [7, 11) is 1.90. The SMILES string of the molecule is CC(C)Oc1ccc(NC(=O)N2CCN(c3nncn3C)CC2)nn1. The number of aryl methyl sites for hydroxylation is 1. The Kier molecular flexibility index (Phi) is 4.96. The minimum Gasteiger partial charge on any atom is -0.474 e. The van der Waals surface area contributed by atoms with E-state index in [1.54, 1.807) is 23.4 Å². The highest BCUT2D eigenvalue weighted by Gasteiger charge is 2.23. The molecular weight excluding hydrogens is 324 g/mol. The molecule has 2 aromatic rings. The molecule has 3 heterocycles. The summed E-state index contributed by atoms with van der Waals surface area (Å²) in [5.41, 5.74) is 0. The highest BCUT2D eigenvalue weighted by Crippen LogP contribution is 2.14. The Labute approximate surface area is 145 Å². The van der Waals surface area contributed by atoms with Crippen LogP contribution in [0.25, 0.3) is 0 Å². The van der Waals surface area contributed by atoms with Crippen LogP contribution in [0.15, 0.2) is 18.5 Å². The van der Waals surface area contributed by atoms with Gasteiger partial charge in [0.25, 0.3) is 0 Å². The number of hydrogen-bond donors (Lipinski definition) is 1. The van der Waals surface area contributed by atoms with Gasteiger partial charge in [-0.1, -0.05) is 0 Å². The maximum absolute atomic E-state index is 12.4. The molecule has 0 atom stereocenters. The van der Waals surface area contributed by atoms with Crippen molar-refractivity contribution < 1.29 is 9.53 Å². The Balaban J connectivity index is 1.52. The highest BCUT2D eigenvalue weighted by atomic mass is 16.5. The summed E-state index contributed by atoms with van der Waals surface area (Å²) < 4.78 is 7.30. The van der Waals surface area contributed by atoms with Gasteiger partial charge in [-0.25, -0.2) is 4.79 Å². The lowest BCUT2D eigenvalue weighted by molar-refractivity contribution is 0.207. The third-order valence-electron chi connectivity index (χ3n) is 3.77. The van der Waals surface area contributed by atoms with Crippen molar-refractivity contribution in [1.29, 1.82) is 0 Å². The molecule has 0 aromatic carbocycles. The second-order valence-electron chi connectivity index (χ2n) is 6.07. The van der Waals surface area contributed by atoms with Crippen LogP contribution < -0.4 is 15.0 Å². The summed E-state index contributed by atoms with van der Waals surface area (Å²) in [4.78, 5) is 16.2. The molecule has 0 bridgehead atoms. The molecule has 1 aliphatic heterocycles. The van der Waals surface area contributed by atoms with E-state index < -0.39 is 0 Å². The smallest absolute Gasteiger partial charge is 0.323 e. The number of nitrogens with zero attached hydrogens (tertiary/aromatic N) is 7. The van der Waals surface area contributed by atoms with Gasteiger partial charge in [-0.15, -0.1) is 20.4 Å². The lowest BCUT2D eigenvalue weighted by Gasteiger charge is -2.34. The number of hydrogen-bond acceptors (Lipinski definition) is 7. The number of piperazine rings is 1. The van der Waals surface area contributed by atoms with Crippen LogP contribution in [-0.2, 0) is 7.05 Å². The summed E-state index contributed by atoms with van der Waals surface area (Å²) in [6.07, 6.45) is 1.69. The summed E-state index contributed by atoms with van der Waals surface area (Å²) in [5.74, 6) is 1.65. The Morgan fingerprint density at radius 1 is 1.16 bits per heavy atom. The fourth-order valence-electron chi connectivity index (χ4n) is 2.55. The van der Waals surface area contributed by atoms with E-state index in [2.05, 4.69) is 30.6 Å². The van der Waals surface area contributed by atoms with E-state index in [0.29, 0.717) is 37.9 Å². The van der Waals surface area contributed by atoms with Crippen LogP contribution >= 0.6 is 0 Å². The standard InChI is InChI=1S/C15H22N8O2/c1-11(2)25-13-5-4-12(18-19-13)17-15(24)23-8-6-22(7-9-23)14-20-16-10-21(14)3/h4-5,10-11H,6-9H2,1-3H3,(H,17,18,24). The number of nitrogens with one attached hydrogen (secondary N) is 1. The molecule has 25 heavy (non-hydrogen) atoms. The van der Waals surface area contributed by atoms with Crippen LogP contribution in [0, 0.1) is 0 Å². The second-order valence-corrected chi connectivity index (χ2v) is 6.07. The van der Waals surface area contributed by atoms with Crippen molar-refractivity contribution in [3.63, 3.8) is 0 Å². The molecule has 1 N–H and O–H groups in total. The van der Waals surface area contributed by atoms with Crippen molar-refractivity contribution >= 4 is 17.8 Å². The zero-order valence-electron chi connectivity index (χ0n) is 14.6. The summed E-state index contributed by atoms with van der Waals surface area (Å²) >= 11 is 0. The van der Waals surface area contributed by atoms with Crippen molar-refractivity contribution in [3.05, 3.63) is 18.5 Å². The Hall–Kier alpha value is -2.91. The minimum absolute atomic E-state index is 0.0277. The lowest BCUT2D eigenvalue weighted by atomic mass is 10.3. The van der Waals surface area contributed by atoms with E-state index >= 15 is 0 Å². The maximum Gasteiger partial charge on any atom is 0.323 e. The zero-order valence-corrected chi connectivity index (χ0v) is 14.6. The second kappa shape index (κ2) is 7.32. The average molecular weight is 346 g/mol. The molecule has 10 heteroatoms. The summed E-state index contributed by atoms with van der Waals surface area (Å²) in [6, 6.07) is 3.18. The number of amides is 2. The molecule has 2 aromatic heterocycles. The number of rotatable bonds is 4. The van der Waals surface area contributed by atoms with Crippen LogP contribution in [0.5, 0.6) is 5.88 Å². The summed E-state index contributed by atoms with van der Waals surface area (Å²) in [5, 5.41) is 18.6. The number of ether oxygens (including phenoxy) is 1. The number of carbonyl (C=O) groups excluding carboxylic acids is 1. The fraction of sp³-hybridized carbons (Fsp3) is 0.533. The van der Waals surface area contributed by atoms with Gasteiger partial charge in [0.2, 0.25) is 11.8 Å². The number of aromatic nitrogens is 5. The van der Waals surface area contributed by atoms with Crippen molar-refractivity contribution in [3.8, 4) is 5.88 Å². The first-order chi connectivity index (χ1) is 12.0. The molecule has 0 aliphatic carbocycles. The predicted molar refractivity (Wildman–Crippen MR) is 91.6 cm³/mol. The Morgan fingerprint density at radius 2 is 1.92 bits per heavy atom. The van der Waals surface area contributed by atoms with Gasteiger partial charge >= 0.3 is 6.03 Å². The van der Waals surface area contributed by atoms with E-state index in [1.165, 1.54) is 0 Å². The molecule has 10 nitrogen and oxygen atoms in total. The lowest BCUT2D eigenvalue weighted by Crippen LogP contribution is -2.50. The normalized spacial score (nSPS) is 14.7. The third-order valence-corrected chi connectivity index (χ3v) is 3.77. The van der Waals surface area contributed by atoms with Gasteiger partial charge in [-0.05, 0) is 19.9 Å². The van der Waals surface area contributed by atoms with Crippen molar-refractivity contribution in [2.75, 3.05) is 36.4 Å². The first-order valence-electron chi connectivity index (χ1n) is 8.18. The number of urea groups is 1. The van der Waals surface area contributed by atoms with E-state index in [9.17, 15) is 4.79 Å². The molecule has 2 amide bonds. The maximum atomic E-state index is 12.4. The van der Waals surface area contributed by atoms with E-state index in [1.807, 2.05) is 25.5 Å². The molecule has 134 valence electrons. The van der Waals surface area contributed by atoms with Crippen molar-refractivity contribution in [2.24, 2.45) is 7.05 Å². The Morgan fingerprint density at radius 3 is 2.48 bits per heavy atom. The molecule has 0 saturated carbocycles.